The topological polar surface area (TPSA) is 13.1 Å². The molecule has 7 aromatic carbocycles. The number of fused-ring (bicyclic) bond motifs is 10. The summed E-state index contributed by atoms with van der Waals surface area (Å²) in [7, 11) is 0. The molecule has 0 N–H and O–H groups in total. The van der Waals surface area contributed by atoms with Crippen molar-refractivity contribution in [3.05, 3.63) is 197 Å². The van der Waals surface area contributed by atoms with E-state index in [1.165, 1.54) is 66.1 Å². The Bertz CT molecular complexity index is 3080. The molecule has 2 atom stereocenters. The summed E-state index contributed by atoms with van der Waals surface area (Å²) in [6, 6.07) is 51.6. The Hall–Kier alpha value is -6.18. The van der Waals surface area contributed by atoms with E-state index in [0.29, 0.717) is 0 Å². The van der Waals surface area contributed by atoms with Gasteiger partial charge in [-0.3, -0.25) is 0 Å². The summed E-state index contributed by atoms with van der Waals surface area (Å²) < 4.78 is 7.48. The van der Waals surface area contributed by atoms with E-state index in [1.807, 2.05) is 0 Å². The highest BCUT2D eigenvalue weighted by Gasteiger charge is 2.55. The van der Waals surface area contributed by atoms with Gasteiger partial charge >= 0.3 is 0 Å². The Balaban J connectivity index is 1.15. The maximum Gasteiger partial charge on any atom is 0.143 e. The lowest BCUT2D eigenvalue weighted by Crippen LogP contribution is -2.36. The summed E-state index contributed by atoms with van der Waals surface area (Å²) in [6.45, 7) is 16.7. The largest absolute Gasteiger partial charge is 0.455 e. The lowest BCUT2D eigenvalue weighted by atomic mass is 9.61. The molecule has 0 saturated heterocycles. The van der Waals surface area contributed by atoms with E-state index in [4.69, 9.17) is 4.42 Å². The Labute approximate surface area is 342 Å². The molecule has 0 bridgehead atoms. The van der Waals surface area contributed by atoms with E-state index in [-0.39, 0.29) is 22.2 Å². The highest BCUT2D eigenvalue weighted by molar-refractivity contribution is 6.05. The lowest BCUT2D eigenvalue weighted by molar-refractivity contribution is 0.245. The highest BCUT2D eigenvalue weighted by atomic mass is 16.3. The van der Waals surface area contributed by atoms with Crippen LogP contribution in [0.2, 0.25) is 0 Å². The first kappa shape index (κ1) is 35.0. The SMILES string of the molecule is Cc1cc2c(c3ccccc13)-c1ccc(-c3oc(C4=C[C@]5(C)C(C=C4)c4c(cc(C)c6ccccc46)C5(C)C)c(-c4ccccc4)c3-c3ccccc3)cc1C2(C)C. The van der Waals surface area contributed by atoms with Crippen LogP contribution < -0.4 is 0 Å². The van der Waals surface area contributed by atoms with Crippen molar-refractivity contribution in [3.8, 4) is 44.7 Å². The third-order valence-corrected chi connectivity index (χ3v) is 14.6. The molecule has 0 saturated carbocycles. The molecule has 1 heteroatoms. The van der Waals surface area contributed by atoms with Crippen molar-refractivity contribution in [2.45, 2.75) is 65.2 Å². The van der Waals surface area contributed by atoms with Gasteiger partial charge in [0.1, 0.15) is 11.5 Å². The minimum absolute atomic E-state index is 0.120. The van der Waals surface area contributed by atoms with Crippen molar-refractivity contribution in [1.29, 1.82) is 0 Å². The monoisotopic (exact) mass is 748 g/mol. The van der Waals surface area contributed by atoms with Gasteiger partial charge in [-0.1, -0.05) is 186 Å². The molecule has 58 heavy (non-hydrogen) atoms. The first-order valence-electron chi connectivity index (χ1n) is 20.9. The van der Waals surface area contributed by atoms with Crippen LogP contribution in [0, 0.1) is 19.3 Å². The van der Waals surface area contributed by atoms with Crippen molar-refractivity contribution in [2.24, 2.45) is 5.41 Å². The van der Waals surface area contributed by atoms with E-state index in [9.17, 15) is 0 Å². The number of hydrogen-bond acceptors (Lipinski definition) is 1. The molecule has 0 amide bonds. The second-order valence-electron chi connectivity index (χ2n) is 18.3. The number of aryl methyl sites for hydroxylation is 2. The summed E-state index contributed by atoms with van der Waals surface area (Å²) >= 11 is 0. The van der Waals surface area contributed by atoms with Crippen LogP contribution in [0.4, 0.5) is 0 Å². The Morgan fingerprint density at radius 3 is 1.69 bits per heavy atom. The maximum absolute atomic E-state index is 7.48. The molecule has 1 aromatic heterocycles. The summed E-state index contributed by atoms with van der Waals surface area (Å²) in [6.07, 6.45) is 7.39. The van der Waals surface area contributed by atoms with Gasteiger partial charge in [0.15, 0.2) is 0 Å². The predicted molar refractivity (Wildman–Crippen MR) is 244 cm³/mol. The minimum atomic E-state index is -0.186. The molecule has 1 heterocycles. The van der Waals surface area contributed by atoms with E-state index in [0.717, 1.165) is 44.9 Å². The molecule has 0 spiro atoms. The zero-order chi connectivity index (χ0) is 39.7. The smallest absolute Gasteiger partial charge is 0.143 e. The third-order valence-electron chi connectivity index (χ3n) is 14.6. The quantitative estimate of drug-likeness (QED) is 0.175. The second kappa shape index (κ2) is 12.2. The second-order valence-corrected chi connectivity index (χ2v) is 18.3. The van der Waals surface area contributed by atoms with Gasteiger partial charge in [0.2, 0.25) is 0 Å². The standard InChI is InChI=1S/C57H48O/c1-34-30-47-51(42-24-16-14-22-40(34)42)44-28-26-38(32-46(44)55(47,3)4)53-49(36-18-10-8-11-19-36)50(37-20-12-9-13-21-37)54(58-53)39-27-29-45-52-43-25-17-15-23-41(43)35(2)31-48(52)56(5,6)57(45,7)33-39/h8-33,45H,1-7H3/t45?,57-/m1/s1. The van der Waals surface area contributed by atoms with Crippen molar-refractivity contribution >= 4 is 27.1 Å². The van der Waals surface area contributed by atoms with Gasteiger partial charge in [-0.25, -0.2) is 0 Å². The van der Waals surface area contributed by atoms with Crippen molar-refractivity contribution in [1.82, 2.24) is 0 Å². The van der Waals surface area contributed by atoms with Crippen LogP contribution in [0.1, 0.15) is 79.7 Å². The Kier molecular flexibility index (Phi) is 7.35. The van der Waals surface area contributed by atoms with Gasteiger partial charge in [-0.15, -0.1) is 0 Å². The zero-order valence-electron chi connectivity index (χ0n) is 34.5. The molecule has 1 nitrogen and oxygen atoms in total. The number of rotatable bonds is 4. The van der Waals surface area contributed by atoms with Gasteiger partial charge in [-0.05, 0) is 103 Å². The third kappa shape index (κ3) is 4.65. The minimum Gasteiger partial charge on any atom is -0.455 e. The first-order chi connectivity index (χ1) is 28.0. The normalized spacial score (nSPS) is 19.5. The van der Waals surface area contributed by atoms with Crippen LogP contribution in [0.25, 0.3) is 71.8 Å². The molecule has 0 radical (unpaired) electrons. The van der Waals surface area contributed by atoms with Gasteiger partial charge in [0.25, 0.3) is 0 Å². The summed E-state index contributed by atoms with van der Waals surface area (Å²) in [5.74, 6) is 2.08. The van der Waals surface area contributed by atoms with Gasteiger partial charge in [0, 0.05) is 39.0 Å². The van der Waals surface area contributed by atoms with Crippen molar-refractivity contribution in [2.75, 3.05) is 0 Å². The van der Waals surface area contributed by atoms with Crippen LogP contribution in [0.5, 0.6) is 0 Å². The number of benzene rings is 7. The van der Waals surface area contributed by atoms with E-state index in [1.54, 1.807) is 0 Å². The summed E-state index contributed by atoms with van der Waals surface area (Å²) in [5, 5.41) is 5.38. The maximum atomic E-state index is 7.48. The average Bonchev–Trinajstić information content (AvgIpc) is 3.80. The average molecular weight is 749 g/mol. The fourth-order valence-corrected chi connectivity index (χ4v) is 11.2. The molecule has 282 valence electrons. The zero-order valence-corrected chi connectivity index (χ0v) is 34.5. The summed E-state index contributed by atoms with van der Waals surface area (Å²) in [5.41, 5.74) is 17.3. The molecule has 0 fully saturated rings. The predicted octanol–water partition coefficient (Wildman–Crippen LogP) is 15.5. The number of hydrogen-bond donors (Lipinski definition) is 0. The highest BCUT2D eigenvalue weighted by Crippen LogP contribution is 2.64. The molecular formula is C57H48O. The van der Waals surface area contributed by atoms with Crippen molar-refractivity contribution < 1.29 is 4.42 Å². The van der Waals surface area contributed by atoms with E-state index in [2.05, 4.69) is 206 Å². The Morgan fingerprint density at radius 2 is 1.03 bits per heavy atom. The van der Waals surface area contributed by atoms with E-state index >= 15 is 0 Å². The number of allylic oxidation sites excluding steroid dienone is 4. The molecular weight excluding hydrogens is 701 g/mol. The molecule has 11 rings (SSSR count). The van der Waals surface area contributed by atoms with Crippen LogP contribution in [-0.4, -0.2) is 0 Å². The van der Waals surface area contributed by atoms with Gasteiger partial charge in [0.05, 0.1) is 0 Å². The van der Waals surface area contributed by atoms with Crippen molar-refractivity contribution in [3.63, 3.8) is 0 Å². The lowest BCUT2D eigenvalue weighted by Gasteiger charge is -2.42. The van der Waals surface area contributed by atoms with Crippen LogP contribution in [0.15, 0.2) is 162 Å². The van der Waals surface area contributed by atoms with Gasteiger partial charge < -0.3 is 4.42 Å². The molecule has 3 aliphatic rings. The van der Waals surface area contributed by atoms with Crippen LogP contribution in [0.3, 0.4) is 0 Å². The number of furan rings is 1. The Morgan fingerprint density at radius 1 is 0.483 bits per heavy atom. The molecule has 3 aliphatic carbocycles. The summed E-state index contributed by atoms with van der Waals surface area (Å²) in [4.78, 5) is 0. The fraction of sp³-hybridized carbons (Fsp3) is 0.193. The van der Waals surface area contributed by atoms with E-state index < -0.39 is 0 Å². The molecule has 0 aliphatic heterocycles. The van der Waals surface area contributed by atoms with Crippen LogP contribution >= 0.6 is 0 Å². The van der Waals surface area contributed by atoms with Gasteiger partial charge in [-0.2, -0.15) is 0 Å². The molecule has 8 aromatic rings. The fourth-order valence-electron chi connectivity index (χ4n) is 11.2. The molecule has 1 unspecified atom stereocenters. The van der Waals surface area contributed by atoms with Crippen LogP contribution in [-0.2, 0) is 10.8 Å². The first-order valence-corrected chi connectivity index (χ1v) is 20.9.